The summed E-state index contributed by atoms with van der Waals surface area (Å²) in [4.78, 5) is 0. The summed E-state index contributed by atoms with van der Waals surface area (Å²) in [7, 11) is 0. The van der Waals surface area contributed by atoms with Gasteiger partial charge < -0.3 is 4.74 Å². The molecule has 0 unspecified atom stereocenters. The summed E-state index contributed by atoms with van der Waals surface area (Å²) in [5, 5.41) is 8.41. The molecule has 0 aliphatic carbocycles. The standard InChI is InChI=1S/C9H6ClNOS/c10-9(13)12-8-3-1-7(2-4-8)5-6-11/h1-4H,5H2. The maximum Gasteiger partial charge on any atom is 0.260 e. The van der Waals surface area contributed by atoms with E-state index in [0.29, 0.717) is 12.2 Å². The highest BCUT2D eigenvalue weighted by Gasteiger charge is 1.96. The molecule has 1 rings (SSSR count). The van der Waals surface area contributed by atoms with Crippen LogP contribution in [0.3, 0.4) is 0 Å². The minimum absolute atomic E-state index is 0.0342. The molecule has 0 aliphatic rings. The number of ether oxygens (including phenoxy) is 1. The van der Waals surface area contributed by atoms with E-state index in [2.05, 4.69) is 18.3 Å². The third-order valence-corrected chi connectivity index (χ3v) is 1.57. The van der Waals surface area contributed by atoms with Crippen molar-refractivity contribution in [2.24, 2.45) is 0 Å². The van der Waals surface area contributed by atoms with Gasteiger partial charge in [0.2, 0.25) is 0 Å². The molecule has 1 aromatic carbocycles. The average Bonchev–Trinajstić information content (AvgIpc) is 2.08. The number of nitrogens with zero attached hydrogens (tertiary/aromatic N) is 1. The predicted octanol–water partition coefficient (Wildman–Crippen LogP) is 2.66. The number of rotatable bonds is 2. The molecular formula is C9H6ClNOS. The van der Waals surface area contributed by atoms with Crippen LogP contribution >= 0.6 is 23.8 Å². The highest BCUT2D eigenvalue weighted by molar-refractivity contribution is 7.82. The Balaban J connectivity index is 2.70. The van der Waals surface area contributed by atoms with Crippen LogP contribution in [-0.4, -0.2) is 4.51 Å². The zero-order chi connectivity index (χ0) is 9.68. The van der Waals surface area contributed by atoms with E-state index in [1.807, 2.05) is 0 Å². The van der Waals surface area contributed by atoms with Gasteiger partial charge in [0.25, 0.3) is 4.51 Å². The van der Waals surface area contributed by atoms with E-state index in [4.69, 9.17) is 21.6 Å². The second-order valence-corrected chi connectivity index (χ2v) is 3.26. The summed E-state index contributed by atoms with van der Waals surface area (Å²) < 4.78 is 4.93. The Kier molecular flexibility index (Phi) is 3.69. The zero-order valence-electron chi connectivity index (χ0n) is 6.66. The van der Waals surface area contributed by atoms with Gasteiger partial charge in [-0.3, -0.25) is 0 Å². The predicted molar refractivity (Wildman–Crippen MR) is 54.8 cm³/mol. The molecular weight excluding hydrogens is 206 g/mol. The fourth-order valence-electron chi connectivity index (χ4n) is 0.859. The van der Waals surface area contributed by atoms with Crippen molar-refractivity contribution in [2.75, 3.05) is 0 Å². The van der Waals surface area contributed by atoms with Crippen LogP contribution in [-0.2, 0) is 6.42 Å². The second kappa shape index (κ2) is 4.80. The van der Waals surface area contributed by atoms with Crippen LogP contribution in [0.5, 0.6) is 5.75 Å². The molecule has 0 spiro atoms. The number of halogens is 1. The lowest BCUT2D eigenvalue weighted by atomic mass is 10.2. The van der Waals surface area contributed by atoms with E-state index in [9.17, 15) is 0 Å². The van der Waals surface area contributed by atoms with Gasteiger partial charge in [-0.25, -0.2) is 0 Å². The molecule has 0 N–H and O–H groups in total. The molecule has 0 aromatic heterocycles. The monoisotopic (exact) mass is 211 g/mol. The SMILES string of the molecule is N#CCc1ccc(OC(=S)Cl)cc1. The fraction of sp³-hybridized carbons (Fsp3) is 0.111. The highest BCUT2D eigenvalue weighted by atomic mass is 35.5. The van der Waals surface area contributed by atoms with E-state index < -0.39 is 0 Å². The first-order valence-corrected chi connectivity index (χ1v) is 4.34. The van der Waals surface area contributed by atoms with Gasteiger partial charge in [-0.2, -0.15) is 5.26 Å². The smallest absolute Gasteiger partial charge is 0.260 e. The van der Waals surface area contributed by atoms with Gasteiger partial charge in [0.1, 0.15) is 5.75 Å². The molecule has 0 bridgehead atoms. The Morgan fingerprint density at radius 3 is 2.54 bits per heavy atom. The molecule has 0 saturated carbocycles. The highest BCUT2D eigenvalue weighted by Crippen LogP contribution is 2.13. The van der Waals surface area contributed by atoms with E-state index in [-0.39, 0.29) is 4.51 Å². The van der Waals surface area contributed by atoms with Crippen molar-refractivity contribution in [1.82, 2.24) is 0 Å². The first kappa shape index (κ1) is 9.97. The molecule has 0 amide bonds. The van der Waals surface area contributed by atoms with Crippen molar-refractivity contribution in [2.45, 2.75) is 6.42 Å². The van der Waals surface area contributed by atoms with Crippen molar-refractivity contribution in [3.8, 4) is 11.8 Å². The third kappa shape index (κ3) is 3.41. The van der Waals surface area contributed by atoms with E-state index >= 15 is 0 Å². The van der Waals surface area contributed by atoms with Gasteiger partial charge in [-0.15, -0.1) is 0 Å². The molecule has 0 fully saturated rings. The lowest BCUT2D eigenvalue weighted by Gasteiger charge is -2.01. The van der Waals surface area contributed by atoms with Crippen LogP contribution in [0.4, 0.5) is 0 Å². The molecule has 0 radical (unpaired) electrons. The maximum absolute atomic E-state index is 8.41. The Morgan fingerprint density at radius 1 is 1.46 bits per heavy atom. The molecule has 0 atom stereocenters. The van der Waals surface area contributed by atoms with Crippen LogP contribution in [0.2, 0.25) is 0 Å². The van der Waals surface area contributed by atoms with Gasteiger partial charge in [-0.05, 0) is 41.5 Å². The summed E-state index contributed by atoms with van der Waals surface area (Å²) in [5.41, 5.74) is 0.940. The molecule has 66 valence electrons. The Labute approximate surface area is 86.7 Å². The van der Waals surface area contributed by atoms with Gasteiger partial charge >= 0.3 is 0 Å². The molecule has 0 aliphatic heterocycles. The van der Waals surface area contributed by atoms with Gasteiger partial charge in [0, 0.05) is 0 Å². The summed E-state index contributed by atoms with van der Waals surface area (Å²) in [6.07, 6.45) is 0.394. The second-order valence-electron chi connectivity index (χ2n) is 2.32. The quantitative estimate of drug-likeness (QED) is 0.557. The van der Waals surface area contributed by atoms with E-state index in [1.165, 1.54) is 0 Å². The zero-order valence-corrected chi connectivity index (χ0v) is 8.23. The van der Waals surface area contributed by atoms with Crippen LogP contribution in [0, 0.1) is 11.3 Å². The normalized spacial score (nSPS) is 8.92. The van der Waals surface area contributed by atoms with Crippen molar-refractivity contribution < 1.29 is 4.74 Å². The lowest BCUT2D eigenvalue weighted by Crippen LogP contribution is -1.95. The van der Waals surface area contributed by atoms with Crippen LogP contribution in [0.15, 0.2) is 24.3 Å². The number of benzene rings is 1. The minimum Gasteiger partial charge on any atom is -0.436 e. The summed E-state index contributed by atoms with van der Waals surface area (Å²) >= 11 is 9.92. The molecule has 0 saturated heterocycles. The van der Waals surface area contributed by atoms with Crippen molar-refractivity contribution in [1.29, 1.82) is 5.26 Å². The van der Waals surface area contributed by atoms with Crippen LogP contribution in [0.1, 0.15) is 5.56 Å². The largest absolute Gasteiger partial charge is 0.436 e. The van der Waals surface area contributed by atoms with Crippen LogP contribution < -0.4 is 4.74 Å². The Hall–Kier alpha value is -1.11. The molecule has 1 aromatic rings. The Bertz CT molecular complexity index is 342. The number of thiocarbonyl (C=S) groups is 1. The van der Waals surface area contributed by atoms with Crippen molar-refractivity contribution >= 4 is 28.3 Å². The summed E-state index contributed by atoms with van der Waals surface area (Å²) in [5.74, 6) is 0.585. The first-order chi connectivity index (χ1) is 6.22. The molecule has 4 heteroatoms. The fourth-order valence-corrected chi connectivity index (χ4v) is 1.04. The van der Waals surface area contributed by atoms with E-state index in [0.717, 1.165) is 5.56 Å². The Morgan fingerprint density at radius 2 is 2.08 bits per heavy atom. The first-order valence-electron chi connectivity index (χ1n) is 3.55. The molecule has 13 heavy (non-hydrogen) atoms. The number of nitriles is 1. The number of hydrogen-bond acceptors (Lipinski definition) is 3. The van der Waals surface area contributed by atoms with E-state index in [1.54, 1.807) is 24.3 Å². The summed E-state index contributed by atoms with van der Waals surface area (Å²) in [6.45, 7) is 0. The van der Waals surface area contributed by atoms with Gasteiger partial charge in [-0.1, -0.05) is 12.1 Å². The maximum atomic E-state index is 8.41. The number of hydrogen-bond donors (Lipinski definition) is 0. The van der Waals surface area contributed by atoms with Gasteiger partial charge in [0.05, 0.1) is 12.5 Å². The topological polar surface area (TPSA) is 33.0 Å². The van der Waals surface area contributed by atoms with Crippen LogP contribution in [0.25, 0.3) is 0 Å². The van der Waals surface area contributed by atoms with Crippen molar-refractivity contribution in [3.63, 3.8) is 0 Å². The van der Waals surface area contributed by atoms with Crippen molar-refractivity contribution in [3.05, 3.63) is 29.8 Å². The molecule has 0 heterocycles. The minimum atomic E-state index is -0.0342. The third-order valence-electron chi connectivity index (χ3n) is 1.40. The summed E-state index contributed by atoms with van der Waals surface area (Å²) in [6, 6.07) is 9.10. The molecule has 2 nitrogen and oxygen atoms in total. The van der Waals surface area contributed by atoms with Gasteiger partial charge in [0.15, 0.2) is 0 Å². The average molecular weight is 212 g/mol. The lowest BCUT2D eigenvalue weighted by molar-refractivity contribution is 0.577.